The quantitative estimate of drug-likeness (QED) is 0.581. The van der Waals surface area contributed by atoms with Gasteiger partial charge in [0.1, 0.15) is 11.5 Å². The lowest BCUT2D eigenvalue weighted by Crippen LogP contribution is -2.23. The minimum Gasteiger partial charge on any atom is -0.468 e. The number of sulfonamides is 1. The molecule has 0 radical (unpaired) electrons. The van der Waals surface area contributed by atoms with Gasteiger partial charge in [-0.25, -0.2) is 13.1 Å². The first kappa shape index (κ1) is 21.4. The summed E-state index contributed by atoms with van der Waals surface area (Å²) in [6.45, 7) is -0.0222. The maximum Gasteiger partial charge on any atom is 0.573 e. The first-order valence-electron chi connectivity index (χ1n) is 8.42. The van der Waals surface area contributed by atoms with Crippen LogP contribution in [0.3, 0.4) is 0 Å². The lowest BCUT2D eigenvalue weighted by Gasteiger charge is -2.10. The molecule has 0 atom stereocenters. The number of hydrogen-bond donors (Lipinski definition) is 2. The van der Waals surface area contributed by atoms with Crippen LogP contribution in [0.2, 0.25) is 0 Å². The van der Waals surface area contributed by atoms with Gasteiger partial charge in [0.2, 0.25) is 10.0 Å². The summed E-state index contributed by atoms with van der Waals surface area (Å²) in [5, 5.41) is 2.50. The number of halogens is 3. The van der Waals surface area contributed by atoms with E-state index in [0.29, 0.717) is 5.76 Å². The average Bonchev–Trinajstić information content (AvgIpc) is 3.21. The highest BCUT2D eigenvalue weighted by Gasteiger charge is 2.31. The molecule has 0 saturated carbocycles. The zero-order valence-corrected chi connectivity index (χ0v) is 16.0. The molecule has 30 heavy (non-hydrogen) atoms. The molecular weight excluding hydrogens is 425 g/mol. The first-order valence-corrected chi connectivity index (χ1v) is 9.90. The molecule has 0 fully saturated rings. The maximum absolute atomic E-state index is 12.3. The van der Waals surface area contributed by atoms with Crippen LogP contribution in [0.15, 0.2) is 76.2 Å². The van der Waals surface area contributed by atoms with E-state index in [-0.39, 0.29) is 22.7 Å². The molecule has 158 valence electrons. The van der Waals surface area contributed by atoms with E-state index in [1.165, 1.54) is 42.7 Å². The van der Waals surface area contributed by atoms with Crippen LogP contribution in [-0.4, -0.2) is 20.7 Å². The van der Waals surface area contributed by atoms with Crippen LogP contribution < -0.4 is 14.8 Å². The molecule has 0 spiro atoms. The molecule has 2 aromatic carbocycles. The van der Waals surface area contributed by atoms with E-state index in [9.17, 15) is 26.4 Å². The number of carbonyl (C=O) groups is 1. The highest BCUT2D eigenvalue weighted by molar-refractivity contribution is 7.89. The molecule has 1 amide bonds. The molecule has 1 aromatic heterocycles. The van der Waals surface area contributed by atoms with E-state index < -0.39 is 28.0 Å². The first-order chi connectivity index (χ1) is 14.1. The van der Waals surface area contributed by atoms with Gasteiger partial charge in [-0.1, -0.05) is 0 Å². The Kier molecular flexibility index (Phi) is 6.13. The zero-order chi connectivity index (χ0) is 21.8. The molecule has 7 nitrogen and oxygen atoms in total. The fourth-order valence-electron chi connectivity index (χ4n) is 2.39. The molecule has 0 aliphatic heterocycles. The van der Waals surface area contributed by atoms with E-state index in [0.717, 1.165) is 12.1 Å². The number of hydrogen-bond acceptors (Lipinski definition) is 5. The lowest BCUT2D eigenvalue weighted by atomic mass is 10.2. The molecule has 0 unspecified atom stereocenters. The number of amides is 1. The maximum atomic E-state index is 12.3. The summed E-state index contributed by atoms with van der Waals surface area (Å²) in [7, 11) is -3.80. The SMILES string of the molecule is O=C(Nc1ccc(OC(F)(F)F)cc1)c1ccc(S(=O)(=O)NCc2ccco2)cc1. The molecule has 0 aliphatic carbocycles. The third-order valence-corrected chi connectivity index (χ3v) is 5.21. The Hall–Kier alpha value is -3.31. The number of alkyl halides is 3. The third kappa shape index (κ3) is 5.84. The van der Waals surface area contributed by atoms with Gasteiger partial charge in [0.05, 0.1) is 17.7 Å². The molecule has 3 aromatic rings. The van der Waals surface area contributed by atoms with Crippen molar-refractivity contribution in [3.05, 3.63) is 78.3 Å². The van der Waals surface area contributed by atoms with Gasteiger partial charge >= 0.3 is 6.36 Å². The van der Waals surface area contributed by atoms with Gasteiger partial charge in [0.15, 0.2) is 0 Å². The third-order valence-electron chi connectivity index (χ3n) is 3.79. The second-order valence-corrected chi connectivity index (χ2v) is 7.72. The van der Waals surface area contributed by atoms with Crippen molar-refractivity contribution in [1.82, 2.24) is 4.72 Å². The average molecular weight is 440 g/mol. The second kappa shape index (κ2) is 8.59. The fourth-order valence-corrected chi connectivity index (χ4v) is 3.38. The zero-order valence-electron chi connectivity index (χ0n) is 15.1. The molecule has 0 bridgehead atoms. The minimum atomic E-state index is -4.81. The van der Waals surface area contributed by atoms with Crippen molar-refractivity contribution >= 4 is 21.6 Å². The van der Waals surface area contributed by atoms with E-state index in [1.54, 1.807) is 12.1 Å². The van der Waals surface area contributed by atoms with Crippen molar-refractivity contribution in [2.24, 2.45) is 0 Å². The Balaban J connectivity index is 1.62. The lowest BCUT2D eigenvalue weighted by molar-refractivity contribution is -0.274. The number of rotatable bonds is 7. The fraction of sp³-hybridized carbons (Fsp3) is 0.105. The van der Waals surface area contributed by atoms with Crippen molar-refractivity contribution in [3.63, 3.8) is 0 Å². The Morgan fingerprint density at radius 3 is 2.23 bits per heavy atom. The standard InChI is InChI=1S/C19H15F3N2O5S/c20-19(21,22)29-15-7-5-14(6-8-15)24-18(25)13-3-9-17(10-4-13)30(26,27)23-12-16-2-1-11-28-16/h1-11,23H,12H2,(H,24,25). The molecule has 3 rings (SSSR count). The van der Waals surface area contributed by atoms with E-state index in [1.807, 2.05) is 0 Å². The molecule has 0 aliphatic rings. The Morgan fingerprint density at radius 1 is 1.00 bits per heavy atom. The number of furan rings is 1. The summed E-state index contributed by atoms with van der Waals surface area (Å²) in [4.78, 5) is 12.2. The summed E-state index contributed by atoms with van der Waals surface area (Å²) in [6.07, 6.45) is -3.38. The van der Waals surface area contributed by atoms with Crippen molar-refractivity contribution in [2.75, 3.05) is 5.32 Å². The molecule has 2 N–H and O–H groups in total. The highest BCUT2D eigenvalue weighted by Crippen LogP contribution is 2.24. The van der Waals surface area contributed by atoms with E-state index in [4.69, 9.17) is 4.42 Å². The van der Waals surface area contributed by atoms with Crippen LogP contribution in [0, 0.1) is 0 Å². The van der Waals surface area contributed by atoms with Crippen molar-refractivity contribution in [1.29, 1.82) is 0 Å². The van der Waals surface area contributed by atoms with Gasteiger partial charge in [-0.05, 0) is 60.7 Å². The molecule has 11 heteroatoms. The Bertz CT molecular complexity index is 1090. The van der Waals surface area contributed by atoms with Crippen LogP contribution in [0.1, 0.15) is 16.1 Å². The predicted octanol–water partition coefficient (Wildman–Crippen LogP) is 3.91. The van der Waals surface area contributed by atoms with Crippen LogP contribution in [-0.2, 0) is 16.6 Å². The summed E-state index contributed by atoms with van der Waals surface area (Å²) in [6, 6.07) is 13.0. The van der Waals surface area contributed by atoms with Gasteiger partial charge < -0.3 is 14.5 Å². The number of nitrogens with one attached hydrogen (secondary N) is 2. The molecule has 1 heterocycles. The Morgan fingerprint density at radius 2 is 1.67 bits per heavy atom. The van der Waals surface area contributed by atoms with Crippen LogP contribution >= 0.6 is 0 Å². The van der Waals surface area contributed by atoms with Gasteiger partial charge in [0, 0.05) is 11.3 Å². The van der Waals surface area contributed by atoms with Crippen LogP contribution in [0.25, 0.3) is 0 Å². The normalized spacial score (nSPS) is 11.8. The summed E-state index contributed by atoms with van der Waals surface area (Å²) in [5.41, 5.74) is 0.405. The van der Waals surface area contributed by atoms with Crippen LogP contribution in [0.4, 0.5) is 18.9 Å². The van der Waals surface area contributed by atoms with Gasteiger partial charge in [-0.2, -0.15) is 0 Å². The molecule has 0 saturated heterocycles. The van der Waals surface area contributed by atoms with E-state index in [2.05, 4.69) is 14.8 Å². The number of anilines is 1. The van der Waals surface area contributed by atoms with Crippen molar-refractivity contribution in [3.8, 4) is 5.75 Å². The second-order valence-electron chi connectivity index (χ2n) is 5.95. The van der Waals surface area contributed by atoms with E-state index >= 15 is 0 Å². The van der Waals surface area contributed by atoms with Crippen LogP contribution in [0.5, 0.6) is 5.75 Å². The smallest absolute Gasteiger partial charge is 0.468 e. The van der Waals surface area contributed by atoms with Gasteiger partial charge in [-0.15, -0.1) is 13.2 Å². The molecular formula is C19H15F3N2O5S. The highest BCUT2D eigenvalue weighted by atomic mass is 32.2. The summed E-state index contributed by atoms with van der Waals surface area (Å²) in [5.74, 6) is -0.537. The number of carbonyl (C=O) groups excluding carboxylic acids is 1. The number of ether oxygens (including phenoxy) is 1. The largest absolute Gasteiger partial charge is 0.573 e. The van der Waals surface area contributed by atoms with Crippen molar-refractivity contribution < 1.29 is 35.5 Å². The summed E-state index contributed by atoms with van der Waals surface area (Å²) < 4.78 is 72.3. The minimum absolute atomic E-state index is 0.0222. The number of benzene rings is 2. The topological polar surface area (TPSA) is 97.6 Å². The monoisotopic (exact) mass is 440 g/mol. The van der Waals surface area contributed by atoms with Crippen molar-refractivity contribution in [2.45, 2.75) is 17.8 Å². The summed E-state index contributed by atoms with van der Waals surface area (Å²) >= 11 is 0. The van der Waals surface area contributed by atoms with Gasteiger partial charge in [0.25, 0.3) is 5.91 Å². The predicted molar refractivity (Wildman–Crippen MR) is 100 cm³/mol. The van der Waals surface area contributed by atoms with Gasteiger partial charge in [-0.3, -0.25) is 4.79 Å². The Labute approximate surface area is 169 Å².